The minimum atomic E-state index is -0.188. The molecule has 0 fully saturated rings. The number of nitrogens with two attached hydrogens (primary N) is 1. The van der Waals surface area contributed by atoms with E-state index in [-0.39, 0.29) is 11.7 Å². The summed E-state index contributed by atoms with van der Waals surface area (Å²) in [6.45, 7) is 0. The zero-order chi connectivity index (χ0) is 18.8. The maximum atomic E-state index is 13.4. The van der Waals surface area contributed by atoms with Gasteiger partial charge in [-0.25, -0.2) is 9.97 Å². The molecule has 5 N–H and O–H groups in total. The van der Waals surface area contributed by atoms with Gasteiger partial charge in [0.2, 0.25) is 5.78 Å². The van der Waals surface area contributed by atoms with Crippen LogP contribution in [0.25, 0.3) is 43.9 Å². The summed E-state index contributed by atoms with van der Waals surface area (Å²) in [5.41, 5.74) is 10.4. The van der Waals surface area contributed by atoms with E-state index < -0.39 is 0 Å². The number of aromatic amines is 3. The first-order valence-corrected chi connectivity index (χ1v) is 8.87. The standard InChI is InChI=1S/C21H14N6O/c22-21-26-16-15-11-6-2-4-8-14(11)24-20(15)25-18(17(16)27-21)19(28)12-9-23-13-7-3-1-5-10(12)13/h1-9,23H,(H,24,25)(H3,22,26,27). The number of imidazole rings is 1. The number of hydrogen-bond acceptors (Lipinski definition) is 4. The second-order valence-corrected chi connectivity index (χ2v) is 6.78. The summed E-state index contributed by atoms with van der Waals surface area (Å²) in [6, 6.07) is 15.6. The molecule has 7 heteroatoms. The number of fused-ring (bicyclic) bond motifs is 6. The Morgan fingerprint density at radius 1 is 0.893 bits per heavy atom. The van der Waals surface area contributed by atoms with Crippen LogP contribution in [0, 0.1) is 0 Å². The molecule has 2 aromatic carbocycles. The maximum Gasteiger partial charge on any atom is 0.215 e. The smallest absolute Gasteiger partial charge is 0.215 e. The van der Waals surface area contributed by atoms with Gasteiger partial charge >= 0.3 is 0 Å². The number of pyridine rings is 1. The van der Waals surface area contributed by atoms with Gasteiger partial charge in [0.15, 0.2) is 5.95 Å². The van der Waals surface area contributed by atoms with Crippen molar-refractivity contribution < 1.29 is 4.79 Å². The molecule has 0 aliphatic rings. The first-order chi connectivity index (χ1) is 13.7. The number of H-pyrrole nitrogens is 3. The number of para-hydroxylation sites is 2. The minimum absolute atomic E-state index is 0.188. The molecule has 0 radical (unpaired) electrons. The monoisotopic (exact) mass is 366 g/mol. The van der Waals surface area contributed by atoms with Gasteiger partial charge in [-0.05, 0) is 12.1 Å². The van der Waals surface area contributed by atoms with Crippen molar-refractivity contribution in [1.29, 1.82) is 0 Å². The molecule has 0 unspecified atom stereocenters. The Bertz CT molecular complexity index is 1550. The van der Waals surface area contributed by atoms with Crippen molar-refractivity contribution in [3.05, 3.63) is 66.0 Å². The highest BCUT2D eigenvalue weighted by Crippen LogP contribution is 2.33. The van der Waals surface area contributed by atoms with Crippen LogP contribution in [0.1, 0.15) is 16.1 Å². The Kier molecular flexibility index (Phi) is 2.78. The average molecular weight is 366 g/mol. The van der Waals surface area contributed by atoms with Crippen LogP contribution in [0.15, 0.2) is 54.7 Å². The summed E-state index contributed by atoms with van der Waals surface area (Å²) in [6.07, 6.45) is 1.72. The number of hydrogen-bond donors (Lipinski definition) is 4. The zero-order valence-electron chi connectivity index (χ0n) is 14.6. The molecule has 0 saturated carbocycles. The van der Waals surface area contributed by atoms with Crippen LogP contribution in [0.5, 0.6) is 0 Å². The average Bonchev–Trinajstić information content (AvgIpc) is 3.40. The minimum Gasteiger partial charge on any atom is -0.369 e. The first kappa shape index (κ1) is 15.0. The summed E-state index contributed by atoms with van der Waals surface area (Å²) >= 11 is 0. The molecular formula is C21H14N6O. The number of nitrogens with zero attached hydrogens (tertiary/aromatic N) is 2. The lowest BCUT2D eigenvalue weighted by Crippen LogP contribution is -2.05. The predicted molar refractivity (Wildman–Crippen MR) is 109 cm³/mol. The molecule has 0 bridgehead atoms. The van der Waals surface area contributed by atoms with Gasteiger partial charge < -0.3 is 20.7 Å². The number of nitrogens with one attached hydrogen (secondary N) is 3. The number of benzene rings is 2. The number of carbonyl (C=O) groups is 1. The van der Waals surface area contributed by atoms with Gasteiger partial charge in [-0.15, -0.1) is 0 Å². The van der Waals surface area contributed by atoms with E-state index in [0.717, 1.165) is 27.2 Å². The second kappa shape index (κ2) is 5.20. The molecule has 6 aromatic rings. The lowest BCUT2D eigenvalue weighted by Gasteiger charge is -2.02. The lowest BCUT2D eigenvalue weighted by atomic mass is 10.0. The van der Waals surface area contributed by atoms with Gasteiger partial charge in [0, 0.05) is 33.6 Å². The lowest BCUT2D eigenvalue weighted by molar-refractivity contribution is 0.103. The molecule has 6 rings (SSSR count). The van der Waals surface area contributed by atoms with E-state index in [4.69, 9.17) is 5.73 Å². The van der Waals surface area contributed by atoms with E-state index in [0.29, 0.717) is 27.9 Å². The molecule has 28 heavy (non-hydrogen) atoms. The molecule has 0 spiro atoms. The van der Waals surface area contributed by atoms with Crippen LogP contribution in [0.3, 0.4) is 0 Å². The van der Waals surface area contributed by atoms with Gasteiger partial charge in [-0.1, -0.05) is 36.4 Å². The van der Waals surface area contributed by atoms with Crippen molar-refractivity contribution in [3.63, 3.8) is 0 Å². The maximum absolute atomic E-state index is 13.4. The van der Waals surface area contributed by atoms with E-state index in [2.05, 4.69) is 24.9 Å². The Labute approximate surface area is 157 Å². The van der Waals surface area contributed by atoms with Crippen LogP contribution in [0.2, 0.25) is 0 Å². The summed E-state index contributed by atoms with van der Waals surface area (Å²) in [7, 11) is 0. The van der Waals surface area contributed by atoms with E-state index in [1.165, 1.54) is 0 Å². The zero-order valence-corrected chi connectivity index (χ0v) is 14.6. The molecule has 4 heterocycles. The number of anilines is 1. The summed E-state index contributed by atoms with van der Waals surface area (Å²) in [5, 5.41) is 2.70. The normalized spacial score (nSPS) is 11.9. The fraction of sp³-hybridized carbons (Fsp3) is 0. The second-order valence-electron chi connectivity index (χ2n) is 6.78. The highest BCUT2D eigenvalue weighted by Gasteiger charge is 2.23. The fourth-order valence-corrected chi connectivity index (χ4v) is 3.91. The largest absolute Gasteiger partial charge is 0.369 e. The molecule has 0 aliphatic heterocycles. The third kappa shape index (κ3) is 1.90. The van der Waals surface area contributed by atoms with Crippen molar-refractivity contribution >= 4 is 55.6 Å². The van der Waals surface area contributed by atoms with Crippen molar-refractivity contribution in [2.75, 3.05) is 5.73 Å². The number of carbonyl (C=O) groups excluding carboxylic acids is 1. The Morgan fingerprint density at radius 3 is 2.50 bits per heavy atom. The molecule has 7 nitrogen and oxygen atoms in total. The van der Waals surface area contributed by atoms with Crippen LogP contribution in [-0.4, -0.2) is 30.7 Å². The number of ketones is 1. The quantitative estimate of drug-likeness (QED) is 0.348. The van der Waals surface area contributed by atoms with Gasteiger partial charge in [-0.3, -0.25) is 4.79 Å². The number of nitrogen functional groups attached to an aromatic ring is 1. The highest BCUT2D eigenvalue weighted by molar-refractivity contribution is 6.25. The van der Waals surface area contributed by atoms with Crippen LogP contribution >= 0.6 is 0 Å². The van der Waals surface area contributed by atoms with Crippen molar-refractivity contribution in [2.45, 2.75) is 0 Å². The molecule has 134 valence electrons. The Hall–Kier alpha value is -4.13. The van der Waals surface area contributed by atoms with Crippen LogP contribution in [-0.2, 0) is 0 Å². The topological polar surface area (TPSA) is 116 Å². The predicted octanol–water partition coefficient (Wildman–Crippen LogP) is 3.89. The fourth-order valence-electron chi connectivity index (χ4n) is 3.91. The van der Waals surface area contributed by atoms with Gasteiger partial charge in [0.1, 0.15) is 16.9 Å². The highest BCUT2D eigenvalue weighted by atomic mass is 16.1. The molecule has 0 aliphatic carbocycles. The van der Waals surface area contributed by atoms with E-state index in [1.807, 2.05) is 48.5 Å². The van der Waals surface area contributed by atoms with Crippen molar-refractivity contribution in [2.24, 2.45) is 0 Å². The van der Waals surface area contributed by atoms with Crippen molar-refractivity contribution in [1.82, 2.24) is 24.9 Å². The Balaban J connectivity index is 1.70. The van der Waals surface area contributed by atoms with Crippen LogP contribution in [0.4, 0.5) is 5.95 Å². The Morgan fingerprint density at radius 2 is 1.64 bits per heavy atom. The molecule has 0 amide bonds. The third-order valence-electron chi connectivity index (χ3n) is 5.15. The van der Waals surface area contributed by atoms with Gasteiger partial charge in [0.05, 0.1) is 10.9 Å². The van der Waals surface area contributed by atoms with Gasteiger partial charge in [-0.2, -0.15) is 0 Å². The SMILES string of the molecule is Nc1nc2c([nH]1)c(C(=O)c1c[nH]c3ccccc13)nc1[nH]c3ccccc3c12. The molecular weight excluding hydrogens is 352 g/mol. The van der Waals surface area contributed by atoms with E-state index in [1.54, 1.807) is 6.20 Å². The summed E-state index contributed by atoms with van der Waals surface area (Å²) in [5.74, 6) is 0.0641. The number of rotatable bonds is 2. The molecule has 4 aromatic heterocycles. The van der Waals surface area contributed by atoms with Crippen molar-refractivity contribution in [3.8, 4) is 0 Å². The number of aromatic nitrogens is 5. The van der Waals surface area contributed by atoms with Crippen LogP contribution < -0.4 is 5.73 Å². The summed E-state index contributed by atoms with van der Waals surface area (Å²) in [4.78, 5) is 32.0. The first-order valence-electron chi connectivity index (χ1n) is 8.87. The van der Waals surface area contributed by atoms with Gasteiger partial charge in [0.25, 0.3) is 0 Å². The van der Waals surface area contributed by atoms with E-state index in [9.17, 15) is 4.79 Å². The molecule has 0 saturated heterocycles. The summed E-state index contributed by atoms with van der Waals surface area (Å²) < 4.78 is 0. The third-order valence-corrected chi connectivity index (χ3v) is 5.15. The molecule has 0 atom stereocenters. The van der Waals surface area contributed by atoms with E-state index >= 15 is 0 Å².